The number of para-hydroxylation sites is 2. The van der Waals surface area contributed by atoms with Crippen molar-refractivity contribution >= 4 is 17.3 Å². The van der Waals surface area contributed by atoms with Crippen molar-refractivity contribution in [1.82, 2.24) is 9.80 Å². The number of hydrogen-bond donors (Lipinski definition) is 0. The third-order valence-electron chi connectivity index (χ3n) is 4.49. The van der Waals surface area contributed by atoms with Crippen LogP contribution in [0.25, 0.3) is 0 Å². The normalized spacial score (nSPS) is 19.8. The smallest absolute Gasteiger partial charge is 0.201 e. The van der Waals surface area contributed by atoms with Crippen molar-refractivity contribution in [1.29, 1.82) is 0 Å². The molecule has 5 nitrogen and oxygen atoms in total. The number of aliphatic imine (C=N–C) groups is 1. The van der Waals surface area contributed by atoms with E-state index in [-0.39, 0.29) is 0 Å². The van der Waals surface area contributed by atoms with Crippen LogP contribution in [0.4, 0.5) is 11.4 Å². The van der Waals surface area contributed by atoms with E-state index in [2.05, 4.69) is 53.1 Å². The van der Waals surface area contributed by atoms with E-state index in [9.17, 15) is 0 Å². The number of nitrogens with zero attached hydrogens (tertiary/aromatic N) is 4. The molecule has 0 atom stereocenters. The highest BCUT2D eigenvalue weighted by Gasteiger charge is 2.19. The van der Waals surface area contributed by atoms with Gasteiger partial charge >= 0.3 is 0 Å². The van der Waals surface area contributed by atoms with E-state index in [4.69, 9.17) is 9.73 Å². The molecule has 2 aliphatic heterocycles. The Bertz CT molecular complexity index is 532. The van der Waals surface area contributed by atoms with Crippen LogP contribution in [0.2, 0.25) is 0 Å². The van der Waals surface area contributed by atoms with Gasteiger partial charge < -0.3 is 19.4 Å². The first-order valence-electron chi connectivity index (χ1n) is 8.68. The lowest BCUT2D eigenvalue weighted by Gasteiger charge is -2.34. The molecule has 0 saturated carbocycles. The molecular weight excluding hydrogens is 288 g/mol. The quantitative estimate of drug-likeness (QED) is 0.620. The average Bonchev–Trinajstić information content (AvgIpc) is 2.61. The van der Waals surface area contributed by atoms with Gasteiger partial charge in [0.2, 0.25) is 5.96 Å². The minimum Gasteiger partial charge on any atom is -0.378 e. The van der Waals surface area contributed by atoms with Crippen molar-refractivity contribution in [2.24, 2.45) is 4.99 Å². The van der Waals surface area contributed by atoms with E-state index in [1.165, 1.54) is 24.9 Å². The molecule has 1 aromatic carbocycles. The second-order valence-corrected chi connectivity index (χ2v) is 6.44. The fourth-order valence-electron chi connectivity index (χ4n) is 3.29. The summed E-state index contributed by atoms with van der Waals surface area (Å²) in [5.74, 6) is 1.07. The topological polar surface area (TPSA) is 31.3 Å². The number of guanidine groups is 1. The molecule has 0 aliphatic carbocycles. The maximum absolute atomic E-state index is 5.48. The van der Waals surface area contributed by atoms with Gasteiger partial charge in [-0.3, -0.25) is 0 Å². The Kier molecular flexibility index (Phi) is 5.39. The predicted molar refractivity (Wildman–Crippen MR) is 95.7 cm³/mol. The Hall–Kier alpha value is -1.75. The molecule has 0 bridgehead atoms. The Balaban J connectivity index is 1.89. The lowest BCUT2D eigenvalue weighted by Crippen LogP contribution is -2.43. The van der Waals surface area contributed by atoms with Gasteiger partial charge in [-0.2, -0.15) is 0 Å². The van der Waals surface area contributed by atoms with Crippen molar-refractivity contribution < 1.29 is 4.74 Å². The Labute approximate surface area is 139 Å². The van der Waals surface area contributed by atoms with Crippen molar-refractivity contribution in [2.75, 3.05) is 58.4 Å². The number of hydrogen-bond acceptors (Lipinski definition) is 3. The van der Waals surface area contributed by atoms with Crippen LogP contribution in [0.1, 0.15) is 19.3 Å². The number of benzene rings is 1. The van der Waals surface area contributed by atoms with E-state index in [1.54, 1.807) is 0 Å². The zero-order chi connectivity index (χ0) is 16.1. The Morgan fingerprint density at radius 3 is 2.39 bits per heavy atom. The molecule has 126 valence electrons. The highest BCUT2D eigenvalue weighted by atomic mass is 16.5. The summed E-state index contributed by atoms with van der Waals surface area (Å²) in [6, 6.07) is 8.47. The summed E-state index contributed by atoms with van der Waals surface area (Å²) < 4.78 is 5.48. The largest absolute Gasteiger partial charge is 0.378 e. The lowest BCUT2D eigenvalue weighted by molar-refractivity contribution is 0.123. The first kappa shape index (κ1) is 16.1. The van der Waals surface area contributed by atoms with Crippen molar-refractivity contribution in [2.45, 2.75) is 19.3 Å². The summed E-state index contributed by atoms with van der Waals surface area (Å²) >= 11 is 0. The van der Waals surface area contributed by atoms with Gasteiger partial charge in [0, 0.05) is 40.3 Å². The van der Waals surface area contributed by atoms with Crippen LogP contribution in [0, 0.1) is 0 Å². The molecule has 2 aliphatic rings. The summed E-state index contributed by atoms with van der Waals surface area (Å²) in [5, 5.41) is 0. The van der Waals surface area contributed by atoms with Gasteiger partial charge in [-0.15, -0.1) is 0 Å². The molecule has 0 N–H and O–H groups in total. The van der Waals surface area contributed by atoms with Crippen LogP contribution >= 0.6 is 0 Å². The molecule has 1 aromatic rings. The Morgan fingerprint density at radius 2 is 1.70 bits per heavy atom. The maximum Gasteiger partial charge on any atom is 0.201 e. The van der Waals surface area contributed by atoms with Gasteiger partial charge in [-0.05, 0) is 31.4 Å². The van der Waals surface area contributed by atoms with E-state index in [0.717, 1.165) is 51.0 Å². The third-order valence-corrected chi connectivity index (χ3v) is 4.49. The minimum atomic E-state index is 0.796. The molecule has 2 heterocycles. The summed E-state index contributed by atoms with van der Waals surface area (Å²) in [6.45, 7) is 5.68. The molecule has 5 heteroatoms. The molecule has 2 fully saturated rings. The first-order chi connectivity index (χ1) is 11.3. The number of piperidine rings is 1. The fourth-order valence-corrected chi connectivity index (χ4v) is 3.29. The molecule has 0 amide bonds. The van der Waals surface area contributed by atoms with Crippen LogP contribution < -0.4 is 4.90 Å². The van der Waals surface area contributed by atoms with Gasteiger partial charge in [0.1, 0.15) is 0 Å². The van der Waals surface area contributed by atoms with Gasteiger partial charge in [0.15, 0.2) is 0 Å². The van der Waals surface area contributed by atoms with Crippen LogP contribution in [0.15, 0.2) is 29.3 Å². The standard InChI is InChI=1S/C18H28N4O/c1-20(2)18(22-10-6-3-7-11-22)19-16-8-4-5-9-17(16)21-12-14-23-15-13-21/h4-5,8-9H,3,6-7,10-15H2,1-2H3. The molecule has 0 spiro atoms. The van der Waals surface area contributed by atoms with Gasteiger partial charge in [-0.1, -0.05) is 12.1 Å². The zero-order valence-corrected chi connectivity index (χ0v) is 14.4. The summed E-state index contributed by atoms with van der Waals surface area (Å²) in [5.41, 5.74) is 2.27. The predicted octanol–water partition coefficient (Wildman–Crippen LogP) is 2.56. The second kappa shape index (κ2) is 7.68. The van der Waals surface area contributed by atoms with E-state index in [1.807, 2.05) is 0 Å². The van der Waals surface area contributed by atoms with Gasteiger partial charge in [-0.25, -0.2) is 4.99 Å². The first-order valence-corrected chi connectivity index (χ1v) is 8.68. The Morgan fingerprint density at radius 1 is 1.00 bits per heavy atom. The van der Waals surface area contributed by atoms with Crippen molar-refractivity contribution in [3.63, 3.8) is 0 Å². The third kappa shape index (κ3) is 3.96. The van der Waals surface area contributed by atoms with E-state index in [0.29, 0.717) is 0 Å². The summed E-state index contributed by atoms with van der Waals surface area (Å²) in [4.78, 5) is 12.0. The average molecular weight is 316 g/mol. The number of rotatable bonds is 2. The molecule has 3 rings (SSSR count). The van der Waals surface area contributed by atoms with Gasteiger partial charge in [0.25, 0.3) is 0 Å². The summed E-state index contributed by atoms with van der Waals surface area (Å²) in [7, 11) is 4.18. The van der Waals surface area contributed by atoms with Crippen molar-refractivity contribution in [3.8, 4) is 0 Å². The zero-order valence-electron chi connectivity index (χ0n) is 14.4. The lowest BCUT2D eigenvalue weighted by atomic mass is 10.1. The monoisotopic (exact) mass is 316 g/mol. The molecule has 0 aromatic heterocycles. The number of morpholine rings is 1. The summed E-state index contributed by atoms with van der Waals surface area (Å²) in [6.07, 6.45) is 3.86. The highest BCUT2D eigenvalue weighted by molar-refractivity contribution is 5.85. The van der Waals surface area contributed by atoms with Crippen LogP contribution in [0.3, 0.4) is 0 Å². The molecule has 2 saturated heterocycles. The maximum atomic E-state index is 5.48. The van der Waals surface area contributed by atoms with Crippen LogP contribution in [-0.4, -0.2) is 69.2 Å². The van der Waals surface area contributed by atoms with Crippen LogP contribution in [-0.2, 0) is 4.74 Å². The minimum absolute atomic E-state index is 0.796. The van der Waals surface area contributed by atoms with Gasteiger partial charge in [0.05, 0.1) is 24.6 Å². The number of likely N-dealkylation sites (tertiary alicyclic amines) is 1. The van der Waals surface area contributed by atoms with E-state index >= 15 is 0 Å². The molecule has 0 unspecified atom stereocenters. The SMILES string of the molecule is CN(C)C(=Nc1ccccc1N1CCOCC1)N1CCCCC1. The number of ether oxygens (including phenoxy) is 1. The van der Waals surface area contributed by atoms with Crippen molar-refractivity contribution in [3.05, 3.63) is 24.3 Å². The van der Waals surface area contributed by atoms with Crippen LogP contribution in [0.5, 0.6) is 0 Å². The molecule has 23 heavy (non-hydrogen) atoms. The fraction of sp³-hybridized carbons (Fsp3) is 0.611. The molecule has 0 radical (unpaired) electrons. The highest BCUT2D eigenvalue weighted by Crippen LogP contribution is 2.29. The second-order valence-electron chi connectivity index (χ2n) is 6.44. The number of anilines is 1. The van der Waals surface area contributed by atoms with E-state index < -0.39 is 0 Å². The molecular formula is C18H28N4O.